The highest BCUT2D eigenvalue weighted by Gasteiger charge is 2.17. The zero-order valence-electron chi connectivity index (χ0n) is 4.02. The minimum Gasteiger partial charge on any atom is -0.152 e. The lowest BCUT2D eigenvalue weighted by Crippen LogP contribution is -2.14. The normalized spacial score (nSPS) is 25.3. The Morgan fingerprint density at radius 1 is 1.29 bits per heavy atom. The zero-order chi connectivity index (χ0) is 5.11. The molecule has 0 aliphatic carbocycles. The van der Waals surface area contributed by atoms with E-state index in [0.717, 1.165) is 8.07 Å². The minimum absolute atomic E-state index is 0.759. The third kappa shape index (κ3) is 2.46. The lowest BCUT2D eigenvalue weighted by atomic mass is 10.9. The van der Waals surface area contributed by atoms with Crippen LogP contribution in [0.25, 0.3) is 0 Å². The Labute approximate surface area is 63.8 Å². The first kappa shape index (κ1) is 6.55. The average molecular weight is 247 g/mol. The molecule has 0 atom stereocenters. The van der Waals surface area contributed by atoms with E-state index in [4.69, 9.17) is 0 Å². The van der Waals surface area contributed by atoms with E-state index in [1.165, 1.54) is 23.0 Å². The molecule has 1 aliphatic rings. The molecule has 0 unspecified atom stereocenters. The van der Waals surface area contributed by atoms with Gasteiger partial charge in [-0.1, -0.05) is 0 Å². The van der Waals surface area contributed by atoms with Gasteiger partial charge in [0, 0.05) is 11.5 Å². The minimum atomic E-state index is 0.759. The molecular formula is C4H8IS2+. The van der Waals surface area contributed by atoms with Crippen LogP contribution in [-0.2, 0) is 8.07 Å². The summed E-state index contributed by atoms with van der Waals surface area (Å²) < 4.78 is 0. The summed E-state index contributed by atoms with van der Waals surface area (Å²) in [5.74, 6) is 5.74. The maximum absolute atomic E-state index is 2.57. The second kappa shape index (κ2) is 3.45. The molecule has 0 N–H and O–H groups in total. The molecular weight excluding hydrogens is 239 g/mol. The van der Waals surface area contributed by atoms with Crippen LogP contribution in [0.3, 0.4) is 0 Å². The van der Waals surface area contributed by atoms with Crippen molar-refractivity contribution in [3.05, 3.63) is 0 Å². The lowest BCUT2D eigenvalue weighted by molar-refractivity contribution is 1.42. The van der Waals surface area contributed by atoms with Crippen molar-refractivity contribution in [2.24, 2.45) is 0 Å². The number of hydrogen-bond donors (Lipinski definition) is 0. The molecule has 1 rings (SSSR count). The van der Waals surface area contributed by atoms with Gasteiger partial charge < -0.3 is 0 Å². The average Bonchev–Trinajstić information content (AvgIpc) is 1.69. The van der Waals surface area contributed by atoms with Crippen molar-refractivity contribution in [3.8, 4) is 0 Å². The van der Waals surface area contributed by atoms with Crippen LogP contribution in [0.15, 0.2) is 0 Å². The molecule has 1 saturated heterocycles. The Balaban J connectivity index is 2.12. The van der Waals surface area contributed by atoms with E-state index < -0.39 is 0 Å². The van der Waals surface area contributed by atoms with E-state index in [1.54, 1.807) is 0 Å². The van der Waals surface area contributed by atoms with Crippen LogP contribution in [-0.4, -0.2) is 23.0 Å². The Morgan fingerprint density at radius 3 is 2.14 bits per heavy atom. The molecule has 0 aromatic heterocycles. The molecule has 42 valence electrons. The standard InChI is InChI=1S/C4H8IS2/c5-7-3-1-6-2-4-7/h1-4H2/q+1. The van der Waals surface area contributed by atoms with Gasteiger partial charge >= 0.3 is 0 Å². The molecule has 3 heteroatoms. The highest BCUT2D eigenvalue weighted by Crippen LogP contribution is 2.18. The summed E-state index contributed by atoms with van der Waals surface area (Å²) in [5.41, 5.74) is 0. The van der Waals surface area contributed by atoms with Crippen LogP contribution >= 0.6 is 33.0 Å². The molecule has 1 heterocycles. The van der Waals surface area contributed by atoms with Gasteiger partial charge in [-0.25, -0.2) is 0 Å². The van der Waals surface area contributed by atoms with Crippen LogP contribution in [0.1, 0.15) is 0 Å². The molecule has 7 heavy (non-hydrogen) atoms. The second-order valence-corrected chi connectivity index (χ2v) is 8.07. The Morgan fingerprint density at radius 2 is 1.86 bits per heavy atom. The van der Waals surface area contributed by atoms with Gasteiger partial charge in [-0.3, -0.25) is 0 Å². The fraction of sp³-hybridized carbons (Fsp3) is 1.00. The number of thioether (sulfide) groups is 1. The van der Waals surface area contributed by atoms with Gasteiger partial charge in [0.15, 0.2) is 0 Å². The second-order valence-electron chi connectivity index (χ2n) is 1.44. The van der Waals surface area contributed by atoms with Gasteiger partial charge in [-0.05, 0) is 0 Å². The van der Waals surface area contributed by atoms with Gasteiger partial charge in [-0.2, -0.15) is 11.8 Å². The Kier molecular flexibility index (Phi) is 3.23. The first-order valence-corrected chi connectivity index (χ1v) is 7.57. The monoisotopic (exact) mass is 247 g/mol. The molecule has 0 saturated carbocycles. The number of hydrogen-bond acceptors (Lipinski definition) is 1. The van der Waals surface area contributed by atoms with Crippen molar-refractivity contribution in [3.63, 3.8) is 0 Å². The van der Waals surface area contributed by atoms with Crippen molar-refractivity contribution in [1.82, 2.24) is 0 Å². The maximum atomic E-state index is 2.57. The van der Waals surface area contributed by atoms with Crippen LogP contribution in [0, 0.1) is 0 Å². The first-order valence-electron chi connectivity index (χ1n) is 2.31. The van der Waals surface area contributed by atoms with Crippen molar-refractivity contribution in [2.45, 2.75) is 0 Å². The summed E-state index contributed by atoms with van der Waals surface area (Å²) in [6.07, 6.45) is 0. The topological polar surface area (TPSA) is 0 Å². The highest BCUT2D eigenvalue weighted by atomic mass is 127. The summed E-state index contributed by atoms with van der Waals surface area (Å²) in [7, 11) is 0.759. The largest absolute Gasteiger partial charge is 0.250 e. The van der Waals surface area contributed by atoms with E-state index in [1.807, 2.05) is 0 Å². The highest BCUT2D eigenvalue weighted by molar-refractivity contribution is 14.2. The van der Waals surface area contributed by atoms with E-state index in [2.05, 4.69) is 33.0 Å². The fourth-order valence-electron chi connectivity index (χ4n) is 0.503. The van der Waals surface area contributed by atoms with Gasteiger partial charge in [0.25, 0.3) is 21.2 Å². The van der Waals surface area contributed by atoms with Crippen molar-refractivity contribution in [2.75, 3.05) is 23.0 Å². The van der Waals surface area contributed by atoms with Crippen molar-refractivity contribution >= 4 is 41.0 Å². The van der Waals surface area contributed by atoms with Crippen LogP contribution in [0.2, 0.25) is 0 Å². The quantitative estimate of drug-likeness (QED) is 0.464. The fourth-order valence-corrected chi connectivity index (χ4v) is 6.54. The molecule has 0 aromatic carbocycles. The summed E-state index contributed by atoms with van der Waals surface area (Å²) in [5, 5.41) is 0. The molecule has 1 aliphatic heterocycles. The van der Waals surface area contributed by atoms with Gasteiger partial charge in [0.2, 0.25) is 0 Å². The SMILES string of the molecule is I[S+]1CCSCC1. The van der Waals surface area contributed by atoms with Gasteiger partial charge in [0.1, 0.15) is 11.5 Å². The summed E-state index contributed by atoms with van der Waals surface area (Å²) in [6, 6.07) is 0. The van der Waals surface area contributed by atoms with E-state index in [0.29, 0.717) is 0 Å². The Hall–Kier alpha value is 1.43. The predicted molar refractivity (Wildman–Crippen MR) is 48.4 cm³/mol. The van der Waals surface area contributed by atoms with Crippen molar-refractivity contribution in [1.29, 1.82) is 0 Å². The van der Waals surface area contributed by atoms with E-state index >= 15 is 0 Å². The van der Waals surface area contributed by atoms with Crippen molar-refractivity contribution < 1.29 is 0 Å². The van der Waals surface area contributed by atoms with Crippen LogP contribution in [0.4, 0.5) is 0 Å². The molecule has 0 amide bonds. The summed E-state index contributed by atoms with van der Waals surface area (Å²) in [4.78, 5) is 0. The first-order chi connectivity index (χ1) is 3.39. The molecule has 0 nitrogen and oxygen atoms in total. The third-order valence-electron chi connectivity index (χ3n) is 0.898. The molecule has 1 fully saturated rings. The molecule has 0 aromatic rings. The van der Waals surface area contributed by atoms with Crippen LogP contribution in [0.5, 0.6) is 0 Å². The zero-order valence-corrected chi connectivity index (χ0v) is 7.81. The van der Waals surface area contributed by atoms with E-state index in [9.17, 15) is 0 Å². The van der Waals surface area contributed by atoms with Crippen LogP contribution < -0.4 is 0 Å². The molecule has 0 bridgehead atoms. The molecule has 0 radical (unpaired) electrons. The van der Waals surface area contributed by atoms with Gasteiger partial charge in [0.05, 0.1) is 8.07 Å². The lowest BCUT2D eigenvalue weighted by Gasteiger charge is -2.05. The number of rotatable bonds is 0. The smallest absolute Gasteiger partial charge is 0.152 e. The maximum Gasteiger partial charge on any atom is 0.250 e. The third-order valence-corrected chi connectivity index (χ3v) is 6.34. The number of halogens is 1. The summed E-state index contributed by atoms with van der Waals surface area (Å²) >= 11 is 4.67. The predicted octanol–water partition coefficient (Wildman–Crippen LogP) is 1.70. The summed E-state index contributed by atoms with van der Waals surface area (Å²) in [6.45, 7) is 0. The van der Waals surface area contributed by atoms with Gasteiger partial charge in [-0.15, -0.1) is 0 Å². The molecule has 0 spiro atoms. The van der Waals surface area contributed by atoms with E-state index in [-0.39, 0.29) is 0 Å². The Bertz CT molecular complexity index is 51.7.